The molecule has 32 heavy (non-hydrogen) atoms. The lowest BCUT2D eigenvalue weighted by atomic mass is 9.96. The van der Waals surface area contributed by atoms with E-state index in [1.54, 1.807) is 11.6 Å². The van der Waals surface area contributed by atoms with Crippen LogP contribution in [0, 0.1) is 11.8 Å². The van der Waals surface area contributed by atoms with Crippen molar-refractivity contribution in [3.63, 3.8) is 0 Å². The van der Waals surface area contributed by atoms with E-state index in [1.807, 2.05) is 66.7 Å². The van der Waals surface area contributed by atoms with Crippen LogP contribution in [0.3, 0.4) is 0 Å². The maximum Gasteiger partial charge on any atom is 0.304 e. The van der Waals surface area contributed by atoms with Gasteiger partial charge in [0.15, 0.2) is 0 Å². The fourth-order valence-electron chi connectivity index (χ4n) is 3.62. The molecule has 7 heteroatoms. The number of nitrogens with zero attached hydrogens (tertiary/aromatic N) is 4. The van der Waals surface area contributed by atoms with E-state index < -0.39 is 5.97 Å². The molecule has 1 atom stereocenters. The second-order valence-corrected chi connectivity index (χ2v) is 7.62. The van der Waals surface area contributed by atoms with Gasteiger partial charge >= 0.3 is 5.97 Å². The molecule has 0 saturated carbocycles. The first-order chi connectivity index (χ1) is 15.5. The topological polar surface area (TPSA) is 82.2 Å². The Balaban J connectivity index is 1.45. The standard InChI is InChI=1S/C25H24N4O3/c1-3-4-21(12-25(30)31)20-7-9-23(10-8-20)32-17-18-5-6-22-14-27-29(24(22)11-18)16-19-13-26-28(2)15-19/h5-11,13-15,21H,12,16-17H2,1-2H3,(H,30,31). The van der Waals surface area contributed by atoms with E-state index in [0.717, 1.165) is 33.3 Å². The molecule has 7 nitrogen and oxygen atoms in total. The van der Waals surface area contributed by atoms with Gasteiger partial charge in [0, 0.05) is 24.2 Å². The number of carbonyl (C=O) groups is 1. The Labute approximate surface area is 186 Å². The van der Waals surface area contributed by atoms with Gasteiger partial charge in [0.2, 0.25) is 0 Å². The summed E-state index contributed by atoms with van der Waals surface area (Å²) < 4.78 is 9.70. The van der Waals surface area contributed by atoms with Crippen molar-refractivity contribution in [1.29, 1.82) is 0 Å². The van der Waals surface area contributed by atoms with Crippen LogP contribution in [0.2, 0.25) is 0 Å². The maximum absolute atomic E-state index is 11.1. The largest absolute Gasteiger partial charge is 0.489 e. The predicted molar refractivity (Wildman–Crippen MR) is 121 cm³/mol. The zero-order valence-corrected chi connectivity index (χ0v) is 18.0. The lowest BCUT2D eigenvalue weighted by molar-refractivity contribution is -0.137. The highest BCUT2D eigenvalue weighted by atomic mass is 16.5. The highest BCUT2D eigenvalue weighted by molar-refractivity contribution is 5.79. The number of aromatic nitrogens is 4. The fraction of sp³-hybridized carbons (Fsp3) is 0.240. The number of fused-ring (bicyclic) bond motifs is 1. The summed E-state index contributed by atoms with van der Waals surface area (Å²) in [4.78, 5) is 11.1. The van der Waals surface area contributed by atoms with E-state index in [2.05, 4.69) is 28.1 Å². The summed E-state index contributed by atoms with van der Waals surface area (Å²) in [5.74, 6) is 5.30. The van der Waals surface area contributed by atoms with Gasteiger partial charge in [-0.3, -0.25) is 14.2 Å². The molecule has 0 aliphatic carbocycles. The lowest BCUT2D eigenvalue weighted by Crippen LogP contribution is -2.04. The number of carboxylic acid groups (broad SMARTS) is 1. The molecule has 0 radical (unpaired) electrons. The van der Waals surface area contributed by atoms with E-state index >= 15 is 0 Å². The minimum absolute atomic E-state index is 0.0201. The van der Waals surface area contributed by atoms with Crippen LogP contribution in [0.5, 0.6) is 5.75 Å². The summed E-state index contributed by atoms with van der Waals surface area (Å²) >= 11 is 0. The third kappa shape index (κ3) is 4.98. The summed E-state index contributed by atoms with van der Waals surface area (Å²) in [5.41, 5.74) is 4.04. The number of aryl methyl sites for hydroxylation is 1. The molecule has 4 aromatic rings. The molecule has 0 bridgehead atoms. The Morgan fingerprint density at radius 3 is 2.62 bits per heavy atom. The molecule has 1 unspecified atom stereocenters. The van der Waals surface area contributed by atoms with Crippen LogP contribution < -0.4 is 4.74 Å². The molecule has 1 N–H and O–H groups in total. The first kappa shape index (κ1) is 21.2. The van der Waals surface area contributed by atoms with Gasteiger partial charge < -0.3 is 9.84 Å². The third-order valence-electron chi connectivity index (χ3n) is 5.19. The fourth-order valence-corrected chi connectivity index (χ4v) is 3.62. The van der Waals surface area contributed by atoms with E-state index in [-0.39, 0.29) is 12.3 Å². The first-order valence-corrected chi connectivity index (χ1v) is 10.3. The molecule has 2 aromatic heterocycles. The van der Waals surface area contributed by atoms with Gasteiger partial charge in [0.05, 0.1) is 36.8 Å². The summed E-state index contributed by atoms with van der Waals surface area (Å²) in [6.45, 7) is 2.79. The molecule has 0 saturated heterocycles. The molecule has 2 aromatic carbocycles. The zero-order valence-electron chi connectivity index (χ0n) is 18.0. The maximum atomic E-state index is 11.1. The second kappa shape index (κ2) is 9.40. The van der Waals surface area contributed by atoms with Gasteiger partial charge in [-0.25, -0.2) is 0 Å². The molecule has 0 amide bonds. The van der Waals surface area contributed by atoms with Crippen LogP contribution in [0.25, 0.3) is 10.9 Å². The average Bonchev–Trinajstić information content (AvgIpc) is 3.38. The second-order valence-electron chi connectivity index (χ2n) is 7.62. The average molecular weight is 428 g/mol. The number of ether oxygens (including phenoxy) is 1. The normalized spacial score (nSPS) is 11.7. The molecular weight excluding hydrogens is 404 g/mol. The highest BCUT2D eigenvalue weighted by Crippen LogP contribution is 2.23. The SMILES string of the molecule is CC#CC(CC(=O)O)c1ccc(OCc2ccc3cnn(Cc4cnn(C)c4)c3c2)cc1. The third-order valence-corrected chi connectivity index (χ3v) is 5.19. The Morgan fingerprint density at radius 2 is 1.94 bits per heavy atom. The summed E-state index contributed by atoms with van der Waals surface area (Å²) in [6, 6.07) is 13.6. The molecule has 0 fully saturated rings. The quantitative estimate of drug-likeness (QED) is 0.429. The summed E-state index contributed by atoms with van der Waals surface area (Å²) in [5, 5.41) is 18.9. The minimum Gasteiger partial charge on any atom is -0.489 e. The highest BCUT2D eigenvalue weighted by Gasteiger charge is 2.13. The Hall–Kier alpha value is -4.05. The van der Waals surface area contributed by atoms with Crippen molar-refractivity contribution >= 4 is 16.9 Å². The predicted octanol–water partition coefficient (Wildman–Crippen LogP) is 3.98. The summed E-state index contributed by atoms with van der Waals surface area (Å²) in [6.07, 6.45) is 5.67. The van der Waals surface area contributed by atoms with Crippen LogP contribution in [0.4, 0.5) is 0 Å². The molecular formula is C25H24N4O3. The van der Waals surface area contributed by atoms with Gasteiger partial charge in [-0.15, -0.1) is 5.92 Å². The van der Waals surface area contributed by atoms with Crippen molar-refractivity contribution in [3.05, 3.63) is 77.7 Å². The van der Waals surface area contributed by atoms with E-state index in [4.69, 9.17) is 9.84 Å². The van der Waals surface area contributed by atoms with Crippen molar-refractivity contribution in [2.45, 2.75) is 32.4 Å². The van der Waals surface area contributed by atoms with Crippen LogP contribution in [0.15, 0.2) is 61.1 Å². The summed E-state index contributed by atoms with van der Waals surface area (Å²) in [7, 11) is 1.90. The lowest BCUT2D eigenvalue weighted by Gasteiger charge is -2.11. The Kier molecular flexibility index (Phi) is 6.22. The number of rotatable bonds is 8. The number of hydrogen-bond donors (Lipinski definition) is 1. The molecule has 0 aliphatic heterocycles. The van der Waals surface area contributed by atoms with Crippen LogP contribution in [-0.4, -0.2) is 30.6 Å². The van der Waals surface area contributed by atoms with Gasteiger partial charge in [-0.2, -0.15) is 10.2 Å². The van der Waals surface area contributed by atoms with Crippen molar-refractivity contribution < 1.29 is 14.6 Å². The van der Waals surface area contributed by atoms with E-state index in [1.165, 1.54) is 0 Å². The Bertz CT molecular complexity index is 1290. The first-order valence-electron chi connectivity index (χ1n) is 10.3. The van der Waals surface area contributed by atoms with Gasteiger partial charge in [0.25, 0.3) is 0 Å². The number of aliphatic carboxylic acids is 1. The smallest absolute Gasteiger partial charge is 0.304 e. The van der Waals surface area contributed by atoms with Gasteiger partial charge in [-0.05, 0) is 36.2 Å². The molecule has 162 valence electrons. The molecule has 0 aliphatic rings. The molecule has 4 rings (SSSR count). The van der Waals surface area contributed by atoms with Crippen molar-refractivity contribution in [3.8, 4) is 17.6 Å². The van der Waals surface area contributed by atoms with Gasteiger partial charge in [-0.1, -0.05) is 30.2 Å². The van der Waals surface area contributed by atoms with Crippen molar-refractivity contribution in [2.75, 3.05) is 0 Å². The van der Waals surface area contributed by atoms with Crippen molar-refractivity contribution in [2.24, 2.45) is 7.05 Å². The minimum atomic E-state index is -0.865. The van der Waals surface area contributed by atoms with Crippen LogP contribution in [0.1, 0.15) is 36.0 Å². The number of carboxylic acids is 1. The van der Waals surface area contributed by atoms with Crippen molar-refractivity contribution in [1.82, 2.24) is 19.6 Å². The zero-order chi connectivity index (χ0) is 22.5. The molecule has 0 spiro atoms. The van der Waals surface area contributed by atoms with E-state index in [9.17, 15) is 4.79 Å². The van der Waals surface area contributed by atoms with Crippen LogP contribution in [-0.2, 0) is 25.0 Å². The monoisotopic (exact) mass is 428 g/mol. The number of hydrogen-bond acceptors (Lipinski definition) is 4. The molecule has 2 heterocycles. The Morgan fingerprint density at radius 1 is 1.12 bits per heavy atom. The van der Waals surface area contributed by atoms with E-state index in [0.29, 0.717) is 13.2 Å². The number of benzene rings is 2. The van der Waals surface area contributed by atoms with Crippen LogP contribution >= 0.6 is 0 Å². The van der Waals surface area contributed by atoms with Gasteiger partial charge in [0.1, 0.15) is 12.4 Å².